The van der Waals surface area contributed by atoms with Gasteiger partial charge < -0.3 is 15.2 Å². The molecule has 1 heterocycles. The summed E-state index contributed by atoms with van der Waals surface area (Å²) in [6.45, 7) is 0.640. The van der Waals surface area contributed by atoms with Gasteiger partial charge >= 0.3 is 5.97 Å². The Bertz CT molecular complexity index is 737. The number of anilines is 1. The number of methoxy groups -OCH3 is 1. The first kappa shape index (κ1) is 15.4. The predicted molar refractivity (Wildman–Crippen MR) is 87.1 cm³/mol. The van der Waals surface area contributed by atoms with E-state index in [1.165, 1.54) is 43.0 Å². The second kappa shape index (κ2) is 6.32. The standard InChI is InChI=1S/C17H21N3O3/c1-20-15(12-5-3-4-6-13(12)19-20)10-18-14-8-7-11(17(21)22)9-16(14)23-2/h7-9,18H,3-6,10H2,1-2H3,(H,21,22). The van der Waals surface area contributed by atoms with E-state index in [0.29, 0.717) is 12.3 Å². The molecule has 0 amide bonds. The van der Waals surface area contributed by atoms with Crippen molar-refractivity contribution in [2.24, 2.45) is 7.05 Å². The van der Waals surface area contributed by atoms with Gasteiger partial charge in [0.2, 0.25) is 0 Å². The summed E-state index contributed by atoms with van der Waals surface area (Å²) in [5.74, 6) is -0.434. The second-order valence-corrected chi connectivity index (χ2v) is 5.78. The number of hydrogen-bond acceptors (Lipinski definition) is 4. The number of ether oxygens (including phenoxy) is 1. The van der Waals surface area contributed by atoms with Crippen molar-refractivity contribution in [1.82, 2.24) is 9.78 Å². The third-order valence-corrected chi connectivity index (χ3v) is 4.34. The molecule has 0 aliphatic heterocycles. The van der Waals surface area contributed by atoms with Gasteiger partial charge in [-0.2, -0.15) is 5.10 Å². The normalized spacial score (nSPS) is 13.5. The Hall–Kier alpha value is -2.50. The Balaban J connectivity index is 1.81. The Labute approximate surface area is 135 Å². The van der Waals surface area contributed by atoms with Crippen LogP contribution in [0.25, 0.3) is 0 Å². The molecule has 2 aromatic rings. The number of benzene rings is 1. The van der Waals surface area contributed by atoms with Gasteiger partial charge in [-0.05, 0) is 49.4 Å². The number of carbonyl (C=O) groups is 1. The molecule has 3 rings (SSSR count). The summed E-state index contributed by atoms with van der Waals surface area (Å²) in [5.41, 5.74) is 4.74. The van der Waals surface area contributed by atoms with Crippen molar-refractivity contribution in [3.8, 4) is 5.75 Å². The van der Waals surface area contributed by atoms with Crippen molar-refractivity contribution in [2.75, 3.05) is 12.4 Å². The fourth-order valence-corrected chi connectivity index (χ4v) is 3.12. The minimum atomic E-state index is -0.962. The number of rotatable bonds is 5. The van der Waals surface area contributed by atoms with Crippen LogP contribution in [0.2, 0.25) is 0 Å². The second-order valence-electron chi connectivity index (χ2n) is 5.78. The van der Waals surface area contributed by atoms with Crippen LogP contribution >= 0.6 is 0 Å². The predicted octanol–water partition coefficient (Wildman–Crippen LogP) is 2.62. The third kappa shape index (κ3) is 3.02. The zero-order valence-electron chi connectivity index (χ0n) is 13.4. The molecule has 1 aliphatic rings. The number of aryl methyl sites for hydroxylation is 2. The summed E-state index contributed by atoms with van der Waals surface area (Å²) in [6.07, 6.45) is 4.55. The van der Waals surface area contributed by atoms with E-state index in [2.05, 4.69) is 10.4 Å². The van der Waals surface area contributed by atoms with Gasteiger partial charge in [-0.1, -0.05) is 0 Å². The highest BCUT2D eigenvalue weighted by Gasteiger charge is 2.19. The zero-order chi connectivity index (χ0) is 16.4. The molecule has 1 aliphatic carbocycles. The fraction of sp³-hybridized carbons (Fsp3) is 0.412. The minimum Gasteiger partial charge on any atom is -0.495 e. The monoisotopic (exact) mass is 315 g/mol. The van der Waals surface area contributed by atoms with Gasteiger partial charge in [0.15, 0.2) is 0 Å². The molecule has 0 radical (unpaired) electrons. The number of nitrogens with zero attached hydrogens (tertiary/aromatic N) is 2. The van der Waals surface area contributed by atoms with Crippen LogP contribution in [-0.4, -0.2) is 28.0 Å². The van der Waals surface area contributed by atoms with Crippen LogP contribution in [0.3, 0.4) is 0 Å². The van der Waals surface area contributed by atoms with Crippen LogP contribution < -0.4 is 10.1 Å². The molecule has 0 fully saturated rings. The van der Waals surface area contributed by atoms with Crippen molar-refractivity contribution >= 4 is 11.7 Å². The van der Waals surface area contributed by atoms with Crippen LogP contribution in [0.15, 0.2) is 18.2 Å². The summed E-state index contributed by atoms with van der Waals surface area (Å²) < 4.78 is 7.25. The highest BCUT2D eigenvalue weighted by Crippen LogP contribution is 2.28. The molecular weight excluding hydrogens is 294 g/mol. The van der Waals surface area contributed by atoms with Gasteiger partial charge in [0.25, 0.3) is 0 Å². The van der Waals surface area contributed by atoms with E-state index in [-0.39, 0.29) is 5.56 Å². The van der Waals surface area contributed by atoms with E-state index < -0.39 is 5.97 Å². The number of aromatic nitrogens is 2. The van der Waals surface area contributed by atoms with Crippen molar-refractivity contribution < 1.29 is 14.6 Å². The highest BCUT2D eigenvalue weighted by atomic mass is 16.5. The summed E-state index contributed by atoms with van der Waals surface area (Å²) in [7, 11) is 3.51. The lowest BCUT2D eigenvalue weighted by atomic mass is 9.96. The average molecular weight is 315 g/mol. The first-order chi connectivity index (χ1) is 11.1. The van der Waals surface area contributed by atoms with Gasteiger partial charge in [-0.3, -0.25) is 4.68 Å². The lowest BCUT2D eigenvalue weighted by Gasteiger charge is -2.14. The maximum Gasteiger partial charge on any atom is 0.335 e. The number of carboxylic acids is 1. The summed E-state index contributed by atoms with van der Waals surface area (Å²) in [5, 5.41) is 17.0. The molecule has 23 heavy (non-hydrogen) atoms. The lowest BCUT2D eigenvalue weighted by Crippen LogP contribution is -2.10. The van der Waals surface area contributed by atoms with Gasteiger partial charge in [-0.15, -0.1) is 0 Å². The first-order valence-electron chi connectivity index (χ1n) is 7.79. The molecule has 6 heteroatoms. The van der Waals surface area contributed by atoms with E-state index >= 15 is 0 Å². The lowest BCUT2D eigenvalue weighted by molar-refractivity contribution is 0.0696. The van der Waals surface area contributed by atoms with Crippen molar-refractivity contribution in [3.05, 3.63) is 40.7 Å². The SMILES string of the molecule is COc1cc(C(=O)O)ccc1NCc1c2c(nn1C)CCCC2. The Kier molecular flexibility index (Phi) is 4.23. The van der Waals surface area contributed by atoms with E-state index in [1.807, 2.05) is 11.7 Å². The average Bonchev–Trinajstić information content (AvgIpc) is 2.88. The number of hydrogen-bond donors (Lipinski definition) is 2. The molecule has 0 atom stereocenters. The molecule has 6 nitrogen and oxygen atoms in total. The summed E-state index contributed by atoms with van der Waals surface area (Å²) in [6, 6.07) is 4.85. The van der Waals surface area contributed by atoms with Crippen LogP contribution in [0.4, 0.5) is 5.69 Å². The molecule has 0 saturated heterocycles. The zero-order valence-corrected chi connectivity index (χ0v) is 13.4. The highest BCUT2D eigenvalue weighted by molar-refractivity contribution is 5.89. The minimum absolute atomic E-state index is 0.213. The quantitative estimate of drug-likeness (QED) is 0.887. The molecule has 0 unspecified atom stereocenters. The Morgan fingerprint density at radius 2 is 2.17 bits per heavy atom. The molecular formula is C17H21N3O3. The van der Waals surface area contributed by atoms with Crippen molar-refractivity contribution in [1.29, 1.82) is 0 Å². The van der Waals surface area contributed by atoms with Crippen LogP contribution in [-0.2, 0) is 26.4 Å². The van der Waals surface area contributed by atoms with E-state index in [0.717, 1.165) is 18.5 Å². The Morgan fingerprint density at radius 3 is 2.91 bits per heavy atom. The van der Waals surface area contributed by atoms with Gasteiger partial charge in [-0.25, -0.2) is 4.79 Å². The molecule has 0 bridgehead atoms. The Morgan fingerprint density at radius 1 is 1.39 bits per heavy atom. The maximum atomic E-state index is 11.0. The maximum absolute atomic E-state index is 11.0. The van der Waals surface area contributed by atoms with Crippen LogP contribution in [0, 0.1) is 0 Å². The summed E-state index contributed by atoms with van der Waals surface area (Å²) >= 11 is 0. The molecule has 0 saturated carbocycles. The summed E-state index contributed by atoms with van der Waals surface area (Å²) in [4.78, 5) is 11.0. The molecule has 122 valence electrons. The smallest absolute Gasteiger partial charge is 0.335 e. The van der Waals surface area contributed by atoms with Crippen molar-refractivity contribution in [2.45, 2.75) is 32.2 Å². The molecule has 2 N–H and O–H groups in total. The van der Waals surface area contributed by atoms with Crippen molar-refractivity contribution in [3.63, 3.8) is 0 Å². The number of fused-ring (bicyclic) bond motifs is 1. The fourth-order valence-electron chi connectivity index (χ4n) is 3.12. The molecule has 0 spiro atoms. The third-order valence-electron chi connectivity index (χ3n) is 4.34. The van der Waals surface area contributed by atoms with Crippen LogP contribution in [0.5, 0.6) is 5.75 Å². The van der Waals surface area contributed by atoms with Gasteiger partial charge in [0, 0.05) is 7.05 Å². The topological polar surface area (TPSA) is 76.4 Å². The largest absolute Gasteiger partial charge is 0.495 e. The molecule has 1 aromatic carbocycles. The van der Waals surface area contributed by atoms with Gasteiger partial charge in [0.05, 0.1) is 36.3 Å². The number of aromatic carboxylic acids is 1. The van der Waals surface area contributed by atoms with E-state index in [1.54, 1.807) is 12.1 Å². The number of carboxylic acid groups (broad SMARTS) is 1. The van der Waals surface area contributed by atoms with Gasteiger partial charge in [0.1, 0.15) is 5.75 Å². The van der Waals surface area contributed by atoms with E-state index in [4.69, 9.17) is 9.84 Å². The number of nitrogens with one attached hydrogen (secondary N) is 1. The first-order valence-corrected chi connectivity index (χ1v) is 7.79. The van der Waals surface area contributed by atoms with Crippen LogP contribution in [0.1, 0.15) is 40.2 Å². The molecule has 1 aromatic heterocycles. The van der Waals surface area contributed by atoms with E-state index in [9.17, 15) is 4.79 Å².